The molecule has 1 heteroatoms. The third-order valence-electron chi connectivity index (χ3n) is 4.63. The van der Waals surface area contributed by atoms with Gasteiger partial charge in [0.05, 0.1) is 0 Å². The van der Waals surface area contributed by atoms with Crippen LogP contribution >= 0.6 is 0 Å². The molecule has 0 spiro atoms. The zero-order valence-electron chi connectivity index (χ0n) is 14.4. The highest BCUT2D eigenvalue weighted by molar-refractivity contribution is 4.79. The Bertz CT molecular complexity index is 237. The highest BCUT2D eigenvalue weighted by Crippen LogP contribution is 2.33. The molecular formula is C18H37N. The van der Waals surface area contributed by atoms with Crippen LogP contribution in [0, 0.1) is 16.7 Å². The van der Waals surface area contributed by atoms with E-state index in [1.54, 1.807) is 0 Å². The summed E-state index contributed by atoms with van der Waals surface area (Å²) < 4.78 is 0. The monoisotopic (exact) mass is 267 g/mol. The van der Waals surface area contributed by atoms with Crippen LogP contribution in [-0.2, 0) is 0 Å². The smallest absolute Gasteiger partial charge is 0.00147 e. The fourth-order valence-corrected chi connectivity index (χ4v) is 3.12. The molecule has 1 aliphatic rings. The molecule has 0 radical (unpaired) electrons. The van der Waals surface area contributed by atoms with Crippen LogP contribution in [0.15, 0.2) is 0 Å². The van der Waals surface area contributed by atoms with Crippen molar-refractivity contribution in [1.82, 2.24) is 4.90 Å². The van der Waals surface area contributed by atoms with Crippen LogP contribution in [-0.4, -0.2) is 24.5 Å². The second-order valence-electron chi connectivity index (χ2n) is 8.88. The van der Waals surface area contributed by atoms with E-state index in [2.05, 4.69) is 46.4 Å². The molecule has 0 amide bonds. The number of rotatable bonds is 6. The molecule has 0 saturated carbocycles. The van der Waals surface area contributed by atoms with Crippen LogP contribution in [0.25, 0.3) is 0 Å². The highest BCUT2D eigenvalue weighted by Gasteiger charge is 2.27. The molecule has 19 heavy (non-hydrogen) atoms. The molecule has 0 aromatic rings. The van der Waals surface area contributed by atoms with Crippen molar-refractivity contribution in [2.24, 2.45) is 16.7 Å². The summed E-state index contributed by atoms with van der Waals surface area (Å²) in [5.74, 6) is 0.866. The molecule has 1 nitrogen and oxygen atoms in total. The van der Waals surface area contributed by atoms with Crippen LogP contribution in [0.3, 0.4) is 0 Å². The van der Waals surface area contributed by atoms with E-state index < -0.39 is 0 Å². The van der Waals surface area contributed by atoms with Gasteiger partial charge in [0.1, 0.15) is 0 Å². The Hall–Kier alpha value is -0.0400. The summed E-state index contributed by atoms with van der Waals surface area (Å²) in [5.41, 5.74) is 0.969. The summed E-state index contributed by atoms with van der Waals surface area (Å²) in [5, 5.41) is 0. The van der Waals surface area contributed by atoms with Crippen LogP contribution in [0.2, 0.25) is 0 Å². The van der Waals surface area contributed by atoms with Gasteiger partial charge in [-0.2, -0.15) is 0 Å². The van der Waals surface area contributed by atoms with Crippen molar-refractivity contribution in [1.29, 1.82) is 0 Å². The molecule has 0 bridgehead atoms. The lowest BCUT2D eigenvalue weighted by Crippen LogP contribution is -2.34. The van der Waals surface area contributed by atoms with E-state index >= 15 is 0 Å². The van der Waals surface area contributed by atoms with E-state index in [0.717, 1.165) is 5.92 Å². The Balaban J connectivity index is 2.33. The van der Waals surface area contributed by atoms with Gasteiger partial charge < -0.3 is 4.90 Å². The number of unbranched alkanes of at least 4 members (excludes halogenated alkanes) is 1. The molecule has 0 aromatic carbocycles. The van der Waals surface area contributed by atoms with E-state index in [0.29, 0.717) is 10.8 Å². The Morgan fingerprint density at radius 3 is 1.95 bits per heavy atom. The van der Waals surface area contributed by atoms with Crippen LogP contribution in [0.1, 0.15) is 80.1 Å². The average Bonchev–Trinajstić information content (AvgIpc) is 2.72. The van der Waals surface area contributed by atoms with Crippen LogP contribution in [0.4, 0.5) is 0 Å². The van der Waals surface area contributed by atoms with Gasteiger partial charge in [0.15, 0.2) is 0 Å². The van der Waals surface area contributed by atoms with Crippen molar-refractivity contribution in [3.63, 3.8) is 0 Å². The van der Waals surface area contributed by atoms with Crippen molar-refractivity contribution in [3.05, 3.63) is 0 Å². The van der Waals surface area contributed by atoms with Crippen molar-refractivity contribution in [2.45, 2.75) is 80.1 Å². The lowest BCUT2D eigenvalue weighted by atomic mass is 9.77. The second kappa shape index (κ2) is 7.11. The predicted octanol–water partition coefficient (Wildman–Crippen LogP) is 5.35. The molecule has 0 N–H and O–H groups in total. The summed E-state index contributed by atoms with van der Waals surface area (Å²) in [6.07, 6.45) is 8.43. The standard InChI is InChI=1S/C18H37N/c1-17(2,3)12-8-7-11-16(18(4,5)6)15-19-13-9-10-14-19/h16H,7-15H2,1-6H3. The van der Waals surface area contributed by atoms with Crippen LogP contribution in [0.5, 0.6) is 0 Å². The molecule has 114 valence electrons. The van der Waals surface area contributed by atoms with Gasteiger partial charge in [0.2, 0.25) is 0 Å². The number of hydrogen-bond acceptors (Lipinski definition) is 1. The van der Waals surface area contributed by atoms with E-state index in [4.69, 9.17) is 0 Å². The first-order valence-corrected chi connectivity index (χ1v) is 8.41. The maximum Gasteiger partial charge on any atom is 0.00147 e. The molecule has 1 rings (SSSR count). The molecule has 0 aromatic heterocycles. The molecule has 1 fully saturated rings. The average molecular weight is 268 g/mol. The number of nitrogens with zero attached hydrogens (tertiary/aromatic N) is 1. The highest BCUT2D eigenvalue weighted by atomic mass is 15.1. The molecule has 1 saturated heterocycles. The lowest BCUT2D eigenvalue weighted by molar-refractivity contribution is 0.153. The normalized spacial score (nSPS) is 19.9. The molecule has 1 atom stereocenters. The van der Waals surface area contributed by atoms with Gasteiger partial charge in [-0.05, 0) is 55.5 Å². The minimum absolute atomic E-state index is 0.463. The Kier molecular flexibility index (Phi) is 6.36. The minimum Gasteiger partial charge on any atom is -0.303 e. The molecular weight excluding hydrogens is 230 g/mol. The van der Waals surface area contributed by atoms with Gasteiger partial charge in [0.25, 0.3) is 0 Å². The Labute approximate surface area is 122 Å². The van der Waals surface area contributed by atoms with E-state index in [-0.39, 0.29) is 0 Å². The van der Waals surface area contributed by atoms with Crippen molar-refractivity contribution in [3.8, 4) is 0 Å². The van der Waals surface area contributed by atoms with Crippen molar-refractivity contribution in [2.75, 3.05) is 19.6 Å². The second-order valence-corrected chi connectivity index (χ2v) is 8.88. The van der Waals surface area contributed by atoms with Crippen molar-refractivity contribution >= 4 is 0 Å². The van der Waals surface area contributed by atoms with Gasteiger partial charge in [-0.15, -0.1) is 0 Å². The Morgan fingerprint density at radius 2 is 1.47 bits per heavy atom. The maximum absolute atomic E-state index is 2.69. The van der Waals surface area contributed by atoms with E-state index in [1.165, 1.54) is 58.2 Å². The summed E-state index contributed by atoms with van der Waals surface area (Å²) in [4.78, 5) is 2.69. The third kappa shape index (κ3) is 7.34. The third-order valence-corrected chi connectivity index (χ3v) is 4.63. The molecule has 0 aliphatic carbocycles. The fourth-order valence-electron chi connectivity index (χ4n) is 3.12. The van der Waals surface area contributed by atoms with Gasteiger partial charge >= 0.3 is 0 Å². The first kappa shape index (κ1) is 17.0. The zero-order valence-corrected chi connectivity index (χ0v) is 14.4. The van der Waals surface area contributed by atoms with Gasteiger partial charge in [-0.3, -0.25) is 0 Å². The maximum atomic E-state index is 2.69. The quantitative estimate of drug-likeness (QED) is 0.586. The molecule has 1 unspecified atom stereocenters. The van der Waals surface area contributed by atoms with Crippen molar-refractivity contribution < 1.29 is 0 Å². The molecule has 1 aliphatic heterocycles. The number of likely N-dealkylation sites (tertiary alicyclic amines) is 1. The summed E-state index contributed by atoms with van der Waals surface area (Å²) in [7, 11) is 0. The van der Waals surface area contributed by atoms with E-state index in [9.17, 15) is 0 Å². The fraction of sp³-hybridized carbons (Fsp3) is 1.00. The summed E-state index contributed by atoms with van der Waals surface area (Å²) in [6.45, 7) is 18.4. The minimum atomic E-state index is 0.463. The number of hydrogen-bond donors (Lipinski definition) is 0. The zero-order chi connectivity index (χ0) is 14.5. The van der Waals surface area contributed by atoms with E-state index in [1.807, 2.05) is 0 Å². The van der Waals surface area contributed by atoms with Gasteiger partial charge in [0, 0.05) is 6.54 Å². The summed E-state index contributed by atoms with van der Waals surface area (Å²) >= 11 is 0. The van der Waals surface area contributed by atoms with Gasteiger partial charge in [-0.1, -0.05) is 54.4 Å². The Morgan fingerprint density at radius 1 is 0.895 bits per heavy atom. The lowest BCUT2D eigenvalue weighted by Gasteiger charge is -2.34. The van der Waals surface area contributed by atoms with Gasteiger partial charge in [-0.25, -0.2) is 0 Å². The molecule has 1 heterocycles. The first-order chi connectivity index (χ1) is 8.68. The SMILES string of the molecule is CC(C)(C)CCCCC(CN1CCCC1)C(C)(C)C. The topological polar surface area (TPSA) is 3.24 Å². The van der Waals surface area contributed by atoms with Crippen LogP contribution < -0.4 is 0 Å². The predicted molar refractivity (Wildman–Crippen MR) is 86.5 cm³/mol. The summed E-state index contributed by atoms with van der Waals surface area (Å²) in [6, 6.07) is 0. The largest absolute Gasteiger partial charge is 0.303 e. The first-order valence-electron chi connectivity index (χ1n) is 8.41.